The molecule has 1 heterocycles. The summed E-state index contributed by atoms with van der Waals surface area (Å²) < 4.78 is 51.6. The van der Waals surface area contributed by atoms with Gasteiger partial charge >= 0.3 is 5.51 Å². The van der Waals surface area contributed by atoms with Crippen LogP contribution in [0.15, 0.2) is 59.6 Å². The van der Waals surface area contributed by atoms with Gasteiger partial charge in [0.25, 0.3) is 0 Å². The Morgan fingerprint density at radius 1 is 0.909 bits per heavy atom. The van der Waals surface area contributed by atoms with Crippen molar-refractivity contribution in [3.63, 3.8) is 0 Å². The summed E-state index contributed by atoms with van der Waals surface area (Å²) in [6.07, 6.45) is 0. The van der Waals surface area contributed by atoms with Crippen molar-refractivity contribution in [1.29, 1.82) is 0 Å². The van der Waals surface area contributed by atoms with Crippen molar-refractivity contribution in [2.24, 2.45) is 0 Å². The maximum Gasteiger partial charge on any atom is 0.447 e. The van der Waals surface area contributed by atoms with Crippen molar-refractivity contribution >= 4 is 22.5 Å². The third kappa shape index (κ3) is 3.22. The van der Waals surface area contributed by atoms with Crippen LogP contribution >= 0.6 is 11.8 Å². The number of rotatable bonds is 2. The Morgan fingerprint density at radius 3 is 2.32 bits per heavy atom. The van der Waals surface area contributed by atoms with E-state index >= 15 is 0 Å². The van der Waals surface area contributed by atoms with Gasteiger partial charge in [0.15, 0.2) is 0 Å². The maximum atomic E-state index is 13.4. The molecule has 3 rings (SSSR count). The average molecular weight is 323 g/mol. The van der Waals surface area contributed by atoms with Gasteiger partial charge in [0.2, 0.25) is 0 Å². The number of benzene rings is 2. The fraction of sp³-hybridized carbons (Fsp3) is 0.0625. The first-order valence-electron chi connectivity index (χ1n) is 6.34. The van der Waals surface area contributed by atoms with Crippen LogP contribution in [0, 0.1) is 5.82 Å². The zero-order valence-corrected chi connectivity index (χ0v) is 11.9. The number of fused-ring (bicyclic) bond motifs is 1. The lowest BCUT2D eigenvalue weighted by Crippen LogP contribution is -2.01. The van der Waals surface area contributed by atoms with E-state index in [4.69, 9.17) is 0 Å². The second-order valence-corrected chi connectivity index (χ2v) is 5.65. The molecule has 0 radical (unpaired) electrons. The lowest BCUT2D eigenvalue weighted by molar-refractivity contribution is -0.0328. The van der Waals surface area contributed by atoms with E-state index in [1.807, 2.05) is 6.07 Å². The number of thioether (sulfide) groups is 1. The standard InChI is InChI=1S/C16H9F4NS/c17-12-7-6-11-8-14(10-4-2-1-3-5-10)21-15(13(11)9-12)22-16(18,19)20/h1-9H. The zero-order valence-electron chi connectivity index (χ0n) is 11.1. The molecule has 0 aliphatic carbocycles. The number of aromatic nitrogens is 1. The quantitative estimate of drug-likeness (QED) is 0.446. The van der Waals surface area contributed by atoms with Crippen LogP contribution in [0.3, 0.4) is 0 Å². The molecule has 22 heavy (non-hydrogen) atoms. The molecule has 0 saturated carbocycles. The molecular weight excluding hydrogens is 314 g/mol. The molecule has 0 amide bonds. The molecule has 0 atom stereocenters. The van der Waals surface area contributed by atoms with Gasteiger partial charge in [0.05, 0.1) is 5.69 Å². The third-order valence-corrected chi connectivity index (χ3v) is 3.78. The monoisotopic (exact) mass is 323 g/mol. The first kappa shape index (κ1) is 14.8. The second-order valence-electron chi connectivity index (χ2n) is 4.59. The van der Waals surface area contributed by atoms with Gasteiger partial charge in [-0.3, -0.25) is 0 Å². The van der Waals surface area contributed by atoms with Crippen molar-refractivity contribution in [3.8, 4) is 11.3 Å². The van der Waals surface area contributed by atoms with Crippen LogP contribution in [0.5, 0.6) is 0 Å². The summed E-state index contributed by atoms with van der Waals surface area (Å²) >= 11 is -0.330. The molecule has 0 aliphatic rings. The minimum Gasteiger partial charge on any atom is -0.240 e. The van der Waals surface area contributed by atoms with Gasteiger partial charge < -0.3 is 0 Å². The largest absolute Gasteiger partial charge is 0.447 e. The van der Waals surface area contributed by atoms with Gasteiger partial charge in [-0.1, -0.05) is 36.4 Å². The number of nitrogens with zero attached hydrogens (tertiary/aromatic N) is 1. The van der Waals surface area contributed by atoms with Crippen molar-refractivity contribution in [2.45, 2.75) is 10.5 Å². The van der Waals surface area contributed by atoms with E-state index in [2.05, 4.69) is 4.98 Å². The predicted molar refractivity (Wildman–Crippen MR) is 79.0 cm³/mol. The first-order chi connectivity index (χ1) is 10.4. The predicted octanol–water partition coefficient (Wildman–Crippen LogP) is 5.65. The van der Waals surface area contributed by atoms with E-state index in [1.165, 1.54) is 12.1 Å². The van der Waals surface area contributed by atoms with Crippen LogP contribution in [-0.2, 0) is 0 Å². The van der Waals surface area contributed by atoms with Crippen molar-refractivity contribution in [1.82, 2.24) is 4.98 Å². The molecule has 0 fully saturated rings. The van der Waals surface area contributed by atoms with Gasteiger partial charge in [-0.05, 0) is 23.6 Å². The molecule has 0 bridgehead atoms. The van der Waals surface area contributed by atoms with Gasteiger partial charge in [0, 0.05) is 22.7 Å². The summed E-state index contributed by atoms with van der Waals surface area (Å²) in [5.74, 6) is -0.592. The first-order valence-corrected chi connectivity index (χ1v) is 7.15. The number of halogens is 4. The van der Waals surface area contributed by atoms with Gasteiger partial charge in [-0.15, -0.1) is 0 Å². The van der Waals surface area contributed by atoms with E-state index in [-0.39, 0.29) is 22.2 Å². The van der Waals surface area contributed by atoms with Crippen LogP contribution in [0.25, 0.3) is 22.0 Å². The molecule has 3 aromatic rings. The molecule has 0 aliphatic heterocycles. The van der Waals surface area contributed by atoms with E-state index in [1.54, 1.807) is 30.3 Å². The third-order valence-electron chi connectivity index (χ3n) is 3.04. The maximum absolute atomic E-state index is 13.4. The summed E-state index contributed by atoms with van der Waals surface area (Å²) in [6, 6.07) is 14.3. The Morgan fingerprint density at radius 2 is 1.64 bits per heavy atom. The van der Waals surface area contributed by atoms with Crippen LogP contribution in [0.1, 0.15) is 0 Å². The molecule has 112 valence electrons. The lowest BCUT2D eigenvalue weighted by atomic mass is 10.1. The van der Waals surface area contributed by atoms with Crippen molar-refractivity contribution in [3.05, 3.63) is 60.4 Å². The summed E-state index contributed by atoms with van der Waals surface area (Å²) in [6.45, 7) is 0. The number of hydrogen-bond acceptors (Lipinski definition) is 2. The zero-order chi connectivity index (χ0) is 15.7. The van der Waals surface area contributed by atoms with Gasteiger partial charge in [-0.25, -0.2) is 9.37 Å². The normalized spacial score (nSPS) is 11.8. The highest BCUT2D eigenvalue weighted by atomic mass is 32.2. The lowest BCUT2D eigenvalue weighted by Gasteiger charge is -2.11. The molecule has 1 nitrogen and oxygen atoms in total. The average Bonchev–Trinajstić information content (AvgIpc) is 2.47. The van der Waals surface area contributed by atoms with Gasteiger partial charge in [0.1, 0.15) is 10.8 Å². The summed E-state index contributed by atoms with van der Waals surface area (Å²) in [5, 5.41) is 0.423. The number of hydrogen-bond donors (Lipinski definition) is 0. The van der Waals surface area contributed by atoms with Crippen LogP contribution in [-0.4, -0.2) is 10.5 Å². The van der Waals surface area contributed by atoms with E-state index in [0.717, 1.165) is 6.07 Å². The highest BCUT2D eigenvalue weighted by Gasteiger charge is 2.31. The smallest absolute Gasteiger partial charge is 0.240 e. The fourth-order valence-corrected chi connectivity index (χ4v) is 2.78. The number of pyridine rings is 1. The molecule has 0 unspecified atom stereocenters. The summed E-state index contributed by atoms with van der Waals surface area (Å²) in [5.41, 5.74) is -3.36. The minimum atomic E-state index is -4.48. The SMILES string of the molecule is Fc1ccc2cc(-c3ccccc3)nc(SC(F)(F)F)c2c1. The van der Waals surface area contributed by atoms with Crippen LogP contribution in [0.2, 0.25) is 0 Å². The molecule has 0 N–H and O–H groups in total. The summed E-state index contributed by atoms with van der Waals surface area (Å²) in [4.78, 5) is 4.07. The molecule has 0 spiro atoms. The van der Waals surface area contributed by atoms with Crippen LogP contribution in [0.4, 0.5) is 17.6 Å². The van der Waals surface area contributed by atoms with E-state index in [9.17, 15) is 17.6 Å². The Balaban J connectivity index is 2.22. The summed E-state index contributed by atoms with van der Waals surface area (Å²) in [7, 11) is 0. The Hall–Kier alpha value is -2.08. The minimum absolute atomic E-state index is 0.155. The van der Waals surface area contributed by atoms with Crippen molar-refractivity contribution < 1.29 is 17.6 Å². The van der Waals surface area contributed by atoms with E-state index < -0.39 is 11.3 Å². The highest BCUT2D eigenvalue weighted by Crippen LogP contribution is 2.40. The van der Waals surface area contributed by atoms with Crippen LogP contribution < -0.4 is 0 Å². The molecule has 0 saturated heterocycles. The van der Waals surface area contributed by atoms with Gasteiger partial charge in [-0.2, -0.15) is 13.2 Å². The molecule has 1 aromatic heterocycles. The molecule has 2 aromatic carbocycles. The second kappa shape index (κ2) is 5.61. The molecular formula is C16H9F4NS. The van der Waals surface area contributed by atoms with Crippen molar-refractivity contribution in [2.75, 3.05) is 0 Å². The Kier molecular flexibility index (Phi) is 3.78. The Labute approximate surface area is 128 Å². The number of alkyl halides is 3. The van der Waals surface area contributed by atoms with E-state index in [0.29, 0.717) is 16.6 Å². The molecule has 6 heteroatoms. The topological polar surface area (TPSA) is 12.9 Å². The fourth-order valence-electron chi connectivity index (χ4n) is 2.13. The highest BCUT2D eigenvalue weighted by molar-refractivity contribution is 8.00. The Bertz CT molecular complexity index is 815.